The van der Waals surface area contributed by atoms with Crippen LogP contribution in [0.3, 0.4) is 0 Å². The summed E-state index contributed by atoms with van der Waals surface area (Å²) >= 11 is 6.15. The molecule has 3 aromatic carbocycles. The first kappa shape index (κ1) is 11.2. The van der Waals surface area contributed by atoms with Gasteiger partial charge in [0.1, 0.15) is 22.3 Å². The van der Waals surface area contributed by atoms with Crippen LogP contribution in [0.1, 0.15) is 0 Å². The summed E-state index contributed by atoms with van der Waals surface area (Å²) in [6.45, 7) is 0. The van der Waals surface area contributed by atoms with Crippen LogP contribution >= 0.6 is 11.6 Å². The molecule has 2 aromatic heterocycles. The zero-order chi connectivity index (χ0) is 14.0. The maximum Gasteiger partial charge on any atom is 0.136 e. The second kappa shape index (κ2) is 3.80. The van der Waals surface area contributed by atoms with Crippen LogP contribution in [0.25, 0.3) is 43.9 Å². The van der Waals surface area contributed by atoms with Gasteiger partial charge in [-0.2, -0.15) is 0 Å². The predicted octanol–water partition coefficient (Wildman–Crippen LogP) is 6.14. The first-order valence-electron chi connectivity index (χ1n) is 6.73. The molecule has 0 saturated heterocycles. The lowest BCUT2D eigenvalue weighted by molar-refractivity contribution is 0.663. The third kappa shape index (κ3) is 1.43. The topological polar surface area (TPSA) is 26.3 Å². The summed E-state index contributed by atoms with van der Waals surface area (Å²) in [6.07, 6.45) is 0. The monoisotopic (exact) mass is 292 g/mol. The van der Waals surface area contributed by atoms with Crippen LogP contribution in [0.4, 0.5) is 0 Å². The van der Waals surface area contributed by atoms with E-state index in [-0.39, 0.29) is 0 Å². The van der Waals surface area contributed by atoms with E-state index in [2.05, 4.69) is 6.07 Å². The van der Waals surface area contributed by atoms with Crippen LogP contribution in [-0.4, -0.2) is 0 Å². The van der Waals surface area contributed by atoms with Gasteiger partial charge in [-0.15, -0.1) is 0 Å². The summed E-state index contributed by atoms with van der Waals surface area (Å²) in [5, 5.41) is 4.98. The Kier molecular flexibility index (Phi) is 2.04. The van der Waals surface area contributed by atoms with E-state index in [0.29, 0.717) is 5.02 Å². The summed E-state index contributed by atoms with van der Waals surface area (Å²) in [5.41, 5.74) is 3.45. The molecule has 5 rings (SSSR count). The minimum Gasteiger partial charge on any atom is -0.456 e. The largest absolute Gasteiger partial charge is 0.456 e. The van der Waals surface area contributed by atoms with Crippen LogP contribution < -0.4 is 0 Å². The highest BCUT2D eigenvalue weighted by Gasteiger charge is 2.15. The molecular formula is C18H9ClO2. The van der Waals surface area contributed by atoms with Gasteiger partial charge in [-0.1, -0.05) is 29.8 Å². The van der Waals surface area contributed by atoms with E-state index in [0.717, 1.165) is 43.9 Å². The van der Waals surface area contributed by atoms with E-state index in [1.54, 1.807) is 0 Å². The smallest absolute Gasteiger partial charge is 0.136 e. The molecule has 0 aliphatic carbocycles. The lowest BCUT2D eigenvalue weighted by Crippen LogP contribution is -1.71. The number of hydrogen-bond acceptors (Lipinski definition) is 2. The Morgan fingerprint density at radius 2 is 1.24 bits per heavy atom. The number of para-hydroxylation sites is 1. The van der Waals surface area contributed by atoms with Crippen molar-refractivity contribution in [3.8, 4) is 0 Å². The van der Waals surface area contributed by atoms with Gasteiger partial charge in [-0.25, -0.2) is 0 Å². The van der Waals surface area contributed by atoms with Gasteiger partial charge in [0, 0.05) is 26.6 Å². The molecule has 0 fully saturated rings. The first-order valence-corrected chi connectivity index (χ1v) is 7.11. The number of fused-ring (bicyclic) bond motifs is 7. The highest BCUT2D eigenvalue weighted by Crippen LogP contribution is 2.40. The second-order valence-corrected chi connectivity index (χ2v) is 5.59. The second-order valence-electron chi connectivity index (χ2n) is 5.15. The van der Waals surface area contributed by atoms with Gasteiger partial charge >= 0.3 is 0 Å². The molecule has 0 saturated carbocycles. The molecular weight excluding hydrogens is 284 g/mol. The normalized spacial score (nSPS) is 12.0. The Hall–Kier alpha value is -2.45. The van der Waals surface area contributed by atoms with Gasteiger partial charge in [0.15, 0.2) is 0 Å². The fourth-order valence-corrected chi connectivity index (χ4v) is 3.23. The van der Waals surface area contributed by atoms with Gasteiger partial charge in [-0.3, -0.25) is 0 Å². The van der Waals surface area contributed by atoms with Gasteiger partial charge in [0.05, 0.1) is 0 Å². The number of furan rings is 2. The van der Waals surface area contributed by atoms with Crippen LogP contribution in [-0.2, 0) is 0 Å². The van der Waals surface area contributed by atoms with Crippen molar-refractivity contribution < 1.29 is 8.83 Å². The Morgan fingerprint density at radius 3 is 2.05 bits per heavy atom. The molecule has 0 radical (unpaired) electrons. The Balaban J connectivity index is 2.16. The number of hydrogen-bond donors (Lipinski definition) is 0. The fraction of sp³-hybridized carbons (Fsp3) is 0. The highest BCUT2D eigenvalue weighted by atomic mass is 35.5. The maximum absolute atomic E-state index is 6.15. The third-order valence-corrected chi connectivity index (χ3v) is 4.17. The Bertz CT molecular complexity index is 1150. The third-order valence-electron chi connectivity index (χ3n) is 3.94. The summed E-state index contributed by atoms with van der Waals surface area (Å²) in [5.74, 6) is 0. The number of halogens is 1. The minimum absolute atomic E-state index is 0.704. The summed E-state index contributed by atoms with van der Waals surface area (Å²) in [7, 11) is 0. The SMILES string of the molecule is Clc1ccc2oc3ccc4oc5ccccc5c4c3c2c1. The standard InChI is InChI=1S/C18H9ClO2/c19-10-5-6-14-12(9-10)18-16(21-14)8-7-15-17(18)11-3-1-2-4-13(11)20-15/h1-9H. The minimum atomic E-state index is 0.704. The van der Waals surface area contributed by atoms with Gasteiger partial charge in [0.25, 0.3) is 0 Å². The van der Waals surface area contributed by atoms with E-state index in [9.17, 15) is 0 Å². The van der Waals surface area contributed by atoms with Crippen LogP contribution in [0.2, 0.25) is 5.02 Å². The molecule has 0 amide bonds. The van der Waals surface area contributed by atoms with Crippen molar-refractivity contribution in [3.05, 3.63) is 59.6 Å². The van der Waals surface area contributed by atoms with E-state index in [4.69, 9.17) is 20.4 Å². The zero-order valence-corrected chi connectivity index (χ0v) is 11.6. The summed E-state index contributed by atoms with van der Waals surface area (Å²) < 4.78 is 11.9. The molecule has 100 valence electrons. The van der Waals surface area contributed by atoms with Crippen LogP contribution in [0.15, 0.2) is 63.4 Å². The van der Waals surface area contributed by atoms with Crippen molar-refractivity contribution in [2.24, 2.45) is 0 Å². The molecule has 0 atom stereocenters. The lowest BCUT2D eigenvalue weighted by Gasteiger charge is -1.94. The molecule has 0 aliphatic rings. The van der Waals surface area contributed by atoms with Crippen molar-refractivity contribution in [1.82, 2.24) is 0 Å². The fourth-order valence-electron chi connectivity index (χ4n) is 3.06. The van der Waals surface area contributed by atoms with Crippen LogP contribution in [0.5, 0.6) is 0 Å². The van der Waals surface area contributed by atoms with E-state index in [1.165, 1.54) is 0 Å². The van der Waals surface area contributed by atoms with Crippen molar-refractivity contribution in [1.29, 1.82) is 0 Å². The maximum atomic E-state index is 6.15. The molecule has 0 bridgehead atoms. The van der Waals surface area contributed by atoms with Gasteiger partial charge < -0.3 is 8.83 Å². The van der Waals surface area contributed by atoms with Crippen molar-refractivity contribution >= 4 is 55.5 Å². The lowest BCUT2D eigenvalue weighted by atomic mass is 10.1. The van der Waals surface area contributed by atoms with E-state index in [1.807, 2.05) is 48.5 Å². The molecule has 0 aliphatic heterocycles. The van der Waals surface area contributed by atoms with Crippen molar-refractivity contribution in [2.45, 2.75) is 0 Å². The molecule has 21 heavy (non-hydrogen) atoms. The molecule has 3 heteroatoms. The predicted molar refractivity (Wildman–Crippen MR) is 86.0 cm³/mol. The molecule has 2 heterocycles. The molecule has 0 N–H and O–H groups in total. The average molecular weight is 293 g/mol. The van der Waals surface area contributed by atoms with Gasteiger partial charge in [-0.05, 0) is 36.4 Å². The van der Waals surface area contributed by atoms with E-state index >= 15 is 0 Å². The van der Waals surface area contributed by atoms with E-state index < -0.39 is 0 Å². The van der Waals surface area contributed by atoms with Gasteiger partial charge in [0.2, 0.25) is 0 Å². The van der Waals surface area contributed by atoms with Crippen molar-refractivity contribution in [2.75, 3.05) is 0 Å². The Morgan fingerprint density at radius 1 is 0.619 bits per heavy atom. The quantitative estimate of drug-likeness (QED) is 0.343. The molecule has 0 unspecified atom stereocenters. The summed E-state index contributed by atoms with van der Waals surface area (Å²) in [4.78, 5) is 0. The summed E-state index contributed by atoms with van der Waals surface area (Å²) in [6, 6.07) is 17.7. The first-order chi connectivity index (χ1) is 10.3. The average Bonchev–Trinajstić information content (AvgIpc) is 3.04. The van der Waals surface area contributed by atoms with Crippen LogP contribution in [0, 0.1) is 0 Å². The Labute approximate surface area is 124 Å². The highest BCUT2D eigenvalue weighted by molar-refractivity contribution is 6.33. The number of benzene rings is 3. The molecule has 2 nitrogen and oxygen atoms in total. The molecule has 5 aromatic rings. The van der Waals surface area contributed by atoms with Crippen molar-refractivity contribution in [3.63, 3.8) is 0 Å². The zero-order valence-electron chi connectivity index (χ0n) is 10.9. The number of rotatable bonds is 0. The molecule has 0 spiro atoms.